The molecule has 3 amide bonds. The van der Waals surface area contributed by atoms with E-state index in [9.17, 15) is 9.59 Å². The van der Waals surface area contributed by atoms with Gasteiger partial charge in [0, 0.05) is 0 Å². The highest BCUT2D eigenvalue weighted by atomic mass is 16.5. The number of carbonyl (C=O) groups excluding carboxylic acids is 2. The third-order valence-corrected chi connectivity index (χ3v) is 1.39. The molecule has 1 heterocycles. The van der Waals surface area contributed by atoms with E-state index in [1.807, 2.05) is 0 Å². The summed E-state index contributed by atoms with van der Waals surface area (Å²) in [5.41, 5.74) is 0. The van der Waals surface area contributed by atoms with Crippen molar-refractivity contribution in [1.29, 1.82) is 0 Å². The SMILES string of the molecule is C=CCOCN1C(=O)CNC1=O. The van der Waals surface area contributed by atoms with Crippen LogP contribution in [0.2, 0.25) is 0 Å². The number of rotatable bonds is 4. The van der Waals surface area contributed by atoms with E-state index in [4.69, 9.17) is 4.74 Å². The van der Waals surface area contributed by atoms with Crippen LogP contribution in [-0.2, 0) is 9.53 Å². The van der Waals surface area contributed by atoms with Crippen molar-refractivity contribution in [3.8, 4) is 0 Å². The monoisotopic (exact) mass is 170 g/mol. The molecule has 0 saturated carbocycles. The topological polar surface area (TPSA) is 58.6 Å². The number of nitrogens with zero attached hydrogens (tertiary/aromatic N) is 1. The molecule has 0 bridgehead atoms. The van der Waals surface area contributed by atoms with Gasteiger partial charge in [0.15, 0.2) is 0 Å². The van der Waals surface area contributed by atoms with Gasteiger partial charge in [-0.05, 0) is 0 Å². The predicted octanol–water partition coefficient (Wildman–Crippen LogP) is -0.302. The summed E-state index contributed by atoms with van der Waals surface area (Å²) >= 11 is 0. The van der Waals surface area contributed by atoms with E-state index in [1.165, 1.54) is 0 Å². The van der Waals surface area contributed by atoms with Gasteiger partial charge in [0.1, 0.15) is 6.73 Å². The molecule has 0 radical (unpaired) electrons. The van der Waals surface area contributed by atoms with Crippen LogP contribution in [0.15, 0.2) is 12.7 Å². The molecule has 1 fully saturated rings. The number of imide groups is 1. The van der Waals surface area contributed by atoms with Crippen molar-refractivity contribution < 1.29 is 14.3 Å². The second-order valence-electron chi connectivity index (χ2n) is 2.27. The van der Waals surface area contributed by atoms with E-state index in [-0.39, 0.29) is 19.2 Å². The Kier molecular flexibility index (Phi) is 2.82. The van der Waals surface area contributed by atoms with E-state index >= 15 is 0 Å². The van der Waals surface area contributed by atoms with Crippen molar-refractivity contribution in [2.75, 3.05) is 19.9 Å². The molecular formula is C7H10N2O3. The molecular weight excluding hydrogens is 160 g/mol. The van der Waals surface area contributed by atoms with E-state index < -0.39 is 6.03 Å². The lowest BCUT2D eigenvalue weighted by atomic mass is 10.6. The highest BCUT2D eigenvalue weighted by Crippen LogP contribution is 1.98. The smallest absolute Gasteiger partial charge is 0.326 e. The summed E-state index contributed by atoms with van der Waals surface area (Å²) in [7, 11) is 0. The molecule has 5 heteroatoms. The Balaban J connectivity index is 2.34. The number of nitrogens with one attached hydrogen (secondary N) is 1. The molecule has 66 valence electrons. The molecule has 0 unspecified atom stereocenters. The summed E-state index contributed by atoms with van der Waals surface area (Å²) in [5, 5.41) is 2.38. The Hall–Kier alpha value is -1.36. The summed E-state index contributed by atoms with van der Waals surface area (Å²) in [6, 6.07) is -0.399. The first-order valence-electron chi connectivity index (χ1n) is 3.52. The molecule has 0 atom stereocenters. The Morgan fingerprint density at radius 3 is 2.92 bits per heavy atom. The van der Waals surface area contributed by atoms with Crippen LogP contribution in [0, 0.1) is 0 Å². The molecule has 1 rings (SSSR count). The standard InChI is InChI=1S/C7H10N2O3/c1-2-3-12-5-9-6(10)4-8-7(9)11/h2H,1,3-5H2,(H,8,11). The fraction of sp³-hybridized carbons (Fsp3) is 0.429. The van der Waals surface area contributed by atoms with E-state index in [2.05, 4.69) is 11.9 Å². The Labute approximate surface area is 70.0 Å². The number of amides is 3. The first-order valence-corrected chi connectivity index (χ1v) is 3.52. The van der Waals surface area contributed by atoms with Gasteiger partial charge < -0.3 is 10.1 Å². The average Bonchev–Trinajstić information content (AvgIpc) is 2.35. The van der Waals surface area contributed by atoms with Gasteiger partial charge >= 0.3 is 6.03 Å². The number of hydrogen-bond acceptors (Lipinski definition) is 3. The van der Waals surface area contributed by atoms with E-state index in [0.717, 1.165) is 4.90 Å². The third-order valence-electron chi connectivity index (χ3n) is 1.39. The zero-order chi connectivity index (χ0) is 8.97. The Bertz CT molecular complexity index is 199. The predicted molar refractivity (Wildman–Crippen MR) is 41.3 cm³/mol. The van der Waals surface area contributed by atoms with Crippen molar-refractivity contribution in [3.05, 3.63) is 12.7 Å². The fourth-order valence-electron chi connectivity index (χ4n) is 0.813. The minimum absolute atomic E-state index is 0.00329. The van der Waals surface area contributed by atoms with Crippen LogP contribution in [0.1, 0.15) is 0 Å². The van der Waals surface area contributed by atoms with Crippen molar-refractivity contribution in [2.45, 2.75) is 0 Å². The van der Waals surface area contributed by atoms with Gasteiger partial charge in [-0.1, -0.05) is 6.08 Å². The fourth-order valence-corrected chi connectivity index (χ4v) is 0.813. The van der Waals surface area contributed by atoms with Crippen LogP contribution < -0.4 is 5.32 Å². The Morgan fingerprint density at radius 1 is 1.67 bits per heavy atom. The molecule has 1 saturated heterocycles. The van der Waals surface area contributed by atoms with Gasteiger partial charge in [0.25, 0.3) is 5.91 Å². The summed E-state index contributed by atoms with van der Waals surface area (Å²) in [6.45, 7) is 3.83. The minimum Gasteiger partial charge on any atom is -0.356 e. The van der Waals surface area contributed by atoms with Crippen LogP contribution in [0.4, 0.5) is 4.79 Å². The van der Waals surface area contributed by atoms with Crippen LogP contribution in [-0.4, -0.2) is 36.7 Å². The summed E-state index contributed by atoms with van der Waals surface area (Å²) in [4.78, 5) is 22.8. The van der Waals surface area contributed by atoms with Gasteiger partial charge in [0.2, 0.25) is 0 Å². The molecule has 1 aliphatic heterocycles. The number of ether oxygens (including phenoxy) is 1. The molecule has 0 spiro atoms. The largest absolute Gasteiger partial charge is 0.356 e. The summed E-state index contributed by atoms with van der Waals surface area (Å²) < 4.78 is 4.93. The van der Waals surface area contributed by atoms with Crippen LogP contribution in [0.3, 0.4) is 0 Å². The first kappa shape index (κ1) is 8.73. The first-order chi connectivity index (χ1) is 5.75. The van der Waals surface area contributed by atoms with Crippen LogP contribution >= 0.6 is 0 Å². The Morgan fingerprint density at radius 2 is 2.42 bits per heavy atom. The van der Waals surface area contributed by atoms with Crippen molar-refractivity contribution in [3.63, 3.8) is 0 Å². The normalized spacial score (nSPS) is 16.5. The lowest BCUT2D eigenvalue weighted by Gasteiger charge is -2.10. The van der Waals surface area contributed by atoms with Gasteiger partial charge in [-0.2, -0.15) is 0 Å². The summed E-state index contributed by atoms with van der Waals surface area (Å²) in [6.07, 6.45) is 1.55. The van der Waals surface area contributed by atoms with Gasteiger partial charge in [-0.25, -0.2) is 9.69 Å². The van der Waals surface area contributed by atoms with Crippen molar-refractivity contribution in [1.82, 2.24) is 10.2 Å². The molecule has 1 N–H and O–H groups in total. The summed E-state index contributed by atoms with van der Waals surface area (Å²) in [5.74, 6) is -0.260. The van der Waals surface area contributed by atoms with Gasteiger partial charge in [-0.15, -0.1) is 6.58 Å². The molecule has 5 nitrogen and oxygen atoms in total. The third kappa shape index (κ3) is 1.82. The van der Waals surface area contributed by atoms with Crippen LogP contribution in [0.5, 0.6) is 0 Å². The number of hydrogen-bond donors (Lipinski definition) is 1. The highest BCUT2D eigenvalue weighted by molar-refractivity contribution is 6.01. The molecule has 0 aromatic carbocycles. The maximum Gasteiger partial charge on any atom is 0.326 e. The van der Waals surface area contributed by atoms with Crippen LogP contribution in [0.25, 0.3) is 0 Å². The maximum atomic E-state index is 10.9. The second-order valence-corrected chi connectivity index (χ2v) is 2.27. The number of urea groups is 1. The van der Waals surface area contributed by atoms with Crippen molar-refractivity contribution >= 4 is 11.9 Å². The van der Waals surface area contributed by atoms with Gasteiger partial charge in [0.05, 0.1) is 13.2 Å². The molecule has 1 aliphatic rings. The zero-order valence-electron chi connectivity index (χ0n) is 6.58. The molecule has 0 aromatic rings. The lowest BCUT2D eigenvalue weighted by molar-refractivity contribution is -0.128. The van der Waals surface area contributed by atoms with E-state index in [0.29, 0.717) is 6.61 Å². The maximum absolute atomic E-state index is 10.9. The molecule has 0 aromatic heterocycles. The van der Waals surface area contributed by atoms with E-state index in [1.54, 1.807) is 6.08 Å². The number of carbonyl (C=O) groups is 2. The average molecular weight is 170 g/mol. The second kappa shape index (κ2) is 3.87. The molecule has 0 aliphatic carbocycles. The quantitative estimate of drug-likeness (QED) is 0.358. The van der Waals surface area contributed by atoms with Crippen molar-refractivity contribution in [2.24, 2.45) is 0 Å². The zero-order valence-corrected chi connectivity index (χ0v) is 6.58. The molecule has 12 heavy (non-hydrogen) atoms. The van der Waals surface area contributed by atoms with Gasteiger partial charge in [-0.3, -0.25) is 4.79 Å². The minimum atomic E-state index is -0.399. The highest BCUT2D eigenvalue weighted by Gasteiger charge is 2.27. The lowest BCUT2D eigenvalue weighted by Crippen LogP contribution is -2.33.